The number of nitro benzene ring substituents is 1. The van der Waals surface area contributed by atoms with Gasteiger partial charge in [-0.1, -0.05) is 78.9 Å². The third-order valence-electron chi connectivity index (χ3n) is 7.15. The number of benzene rings is 4. The zero-order chi connectivity index (χ0) is 28.4. The Bertz CT molecular complexity index is 1750. The molecule has 7 nitrogen and oxygen atoms in total. The number of non-ortho nitro benzene ring substituents is 1. The number of amidine groups is 1. The first-order chi connectivity index (χ1) is 20.0. The molecule has 0 atom stereocenters. The van der Waals surface area contributed by atoms with Gasteiger partial charge < -0.3 is 4.42 Å². The summed E-state index contributed by atoms with van der Waals surface area (Å²) in [4.78, 5) is 32.0. The zero-order valence-corrected chi connectivity index (χ0v) is 22.2. The van der Waals surface area contributed by atoms with Gasteiger partial charge in [-0.15, -0.1) is 0 Å². The van der Waals surface area contributed by atoms with Gasteiger partial charge >= 0.3 is 0 Å². The minimum atomic E-state index is -1.27. The molecule has 7 heteroatoms. The highest BCUT2D eigenvalue weighted by molar-refractivity contribution is 6.29. The third-order valence-corrected chi connectivity index (χ3v) is 7.15. The fourth-order valence-corrected chi connectivity index (χ4v) is 5.10. The summed E-state index contributed by atoms with van der Waals surface area (Å²) in [7, 11) is 0. The summed E-state index contributed by atoms with van der Waals surface area (Å²) >= 11 is 0. The van der Waals surface area contributed by atoms with Gasteiger partial charge in [-0.3, -0.25) is 19.8 Å². The van der Waals surface area contributed by atoms with Gasteiger partial charge in [0.15, 0.2) is 5.54 Å². The van der Waals surface area contributed by atoms with Crippen LogP contribution in [-0.2, 0) is 10.3 Å². The lowest BCUT2D eigenvalue weighted by atomic mass is 9.83. The standard InChI is InChI=1S/C34H25N3O4/c1-24-10-8-9-15-30(24)36-32(23-21-29-20-22-31(41-29)25-16-18-28(19-17-25)37(39)40)35-34(33(36)38,26-11-4-2-5-12-26)27-13-6-3-7-14-27/h2-23H,1H3. The van der Waals surface area contributed by atoms with Crippen LogP contribution in [0.5, 0.6) is 0 Å². The molecule has 1 aliphatic rings. The second-order valence-corrected chi connectivity index (χ2v) is 9.68. The number of rotatable bonds is 7. The fraction of sp³-hybridized carbons (Fsp3) is 0.0588. The maximum atomic E-state index is 14.6. The third kappa shape index (κ3) is 4.63. The van der Waals surface area contributed by atoms with Crippen molar-refractivity contribution in [2.75, 3.05) is 4.90 Å². The molecule has 0 saturated carbocycles. The van der Waals surface area contributed by atoms with Crippen molar-refractivity contribution in [2.24, 2.45) is 4.99 Å². The zero-order valence-electron chi connectivity index (χ0n) is 22.2. The van der Waals surface area contributed by atoms with E-state index < -0.39 is 10.5 Å². The van der Waals surface area contributed by atoms with Crippen LogP contribution in [0.3, 0.4) is 0 Å². The van der Waals surface area contributed by atoms with Crippen molar-refractivity contribution in [1.82, 2.24) is 0 Å². The molecule has 200 valence electrons. The molecule has 6 rings (SSSR count). The molecule has 1 aromatic heterocycles. The van der Waals surface area contributed by atoms with E-state index in [9.17, 15) is 14.9 Å². The number of nitro groups is 1. The van der Waals surface area contributed by atoms with Gasteiger partial charge in [0.2, 0.25) is 0 Å². The number of nitrogens with zero attached hydrogens (tertiary/aromatic N) is 3. The molecule has 41 heavy (non-hydrogen) atoms. The molecule has 5 aromatic rings. The van der Waals surface area contributed by atoms with Crippen molar-refractivity contribution in [3.8, 4) is 11.3 Å². The number of anilines is 1. The molecule has 0 radical (unpaired) electrons. The lowest BCUT2D eigenvalue weighted by Crippen LogP contribution is -2.42. The Morgan fingerprint density at radius 1 is 0.780 bits per heavy atom. The van der Waals surface area contributed by atoms with E-state index in [1.165, 1.54) is 12.1 Å². The first-order valence-electron chi connectivity index (χ1n) is 13.1. The summed E-state index contributed by atoms with van der Waals surface area (Å²) in [5, 5.41) is 11.0. The average Bonchev–Trinajstić information content (AvgIpc) is 3.60. The molecule has 0 bridgehead atoms. The second-order valence-electron chi connectivity index (χ2n) is 9.68. The van der Waals surface area contributed by atoms with E-state index in [1.807, 2.05) is 97.9 Å². The Balaban J connectivity index is 1.45. The van der Waals surface area contributed by atoms with Gasteiger partial charge in [0, 0.05) is 17.7 Å². The van der Waals surface area contributed by atoms with E-state index >= 15 is 0 Å². The summed E-state index contributed by atoms with van der Waals surface area (Å²) in [6, 6.07) is 36.8. The Morgan fingerprint density at radius 3 is 2.00 bits per heavy atom. The minimum absolute atomic E-state index is 0.0148. The van der Waals surface area contributed by atoms with Gasteiger partial charge in [-0.05, 0) is 66.1 Å². The molecule has 0 saturated heterocycles. The van der Waals surface area contributed by atoms with Crippen molar-refractivity contribution in [3.05, 3.63) is 160 Å². The number of carbonyl (C=O) groups is 1. The Labute approximate surface area is 236 Å². The summed E-state index contributed by atoms with van der Waals surface area (Å²) in [5.74, 6) is 1.43. The van der Waals surface area contributed by atoms with Crippen LogP contribution in [0, 0.1) is 17.0 Å². The maximum Gasteiger partial charge on any atom is 0.269 e. The molecule has 0 unspecified atom stereocenters. The van der Waals surface area contributed by atoms with Crippen LogP contribution in [0.2, 0.25) is 0 Å². The normalized spacial score (nSPS) is 14.4. The molecule has 1 aliphatic heterocycles. The number of carbonyl (C=O) groups excluding carboxylic acids is 1. The molecule has 0 aliphatic carbocycles. The van der Waals surface area contributed by atoms with Crippen LogP contribution >= 0.6 is 0 Å². The smallest absolute Gasteiger partial charge is 0.269 e. The van der Waals surface area contributed by atoms with Gasteiger partial charge in [-0.2, -0.15) is 0 Å². The maximum absolute atomic E-state index is 14.6. The second kappa shape index (κ2) is 10.5. The number of furan rings is 1. The largest absolute Gasteiger partial charge is 0.457 e. The first-order valence-corrected chi connectivity index (χ1v) is 13.1. The molecular formula is C34H25N3O4. The first kappa shape index (κ1) is 25.7. The Hall–Kier alpha value is -5.56. The molecule has 0 spiro atoms. The Morgan fingerprint density at radius 2 is 1.39 bits per heavy atom. The number of para-hydroxylation sites is 1. The number of aryl methyl sites for hydroxylation is 1. The monoisotopic (exact) mass is 539 g/mol. The van der Waals surface area contributed by atoms with Gasteiger partial charge in [0.05, 0.1) is 10.6 Å². The molecule has 1 amide bonds. The average molecular weight is 540 g/mol. The minimum Gasteiger partial charge on any atom is -0.457 e. The SMILES string of the molecule is Cc1ccccc1N1C(=O)C(c2ccccc2)(c2ccccc2)N=C1C=Cc1ccc(-c2ccc([N+](=O)[O-])cc2)o1. The predicted molar refractivity (Wildman–Crippen MR) is 160 cm³/mol. The van der Waals surface area contributed by atoms with Crippen molar-refractivity contribution in [1.29, 1.82) is 0 Å². The van der Waals surface area contributed by atoms with Crippen LogP contribution in [0.1, 0.15) is 22.5 Å². The number of amides is 1. The van der Waals surface area contributed by atoms with Crippen LogP contribution in [0.4, 0.5) is 11.4 Å². The van der Waals surface area contributed by atoms with Crippen LogP contribution in [-0.4, -0.2) is 16.7 Å². The quantitative estimate of drug-likeness (QED) is 0.158. The Kier molecular flexibility index (Phi) is 6.61. The molecule has 2 heterocycles. The summed E-state index contributed by atoms with van der Waals surface area (Å²) in [6.07, 6.45) is 3.56. The summed E-state index contributed by atoms with van der Waals surface area (Å²) in [6.45, 7) is 1.97. The van der Waals surface area contributed by atoms with Crippen molar-refractivity contribution in [3.63, 3.8) is 0 Å². The van der Waals surface area contributed by atoms with E-state index in [1.54, 1.807) is 35.3 Å². The van der Waals surface area contributed by atoms with E-state index in [0.717, 1.165) is 27.9 Å². The summed E-state index contributed by atoms with van der Waals surface area (Å²) < 4.78 is 6.03. The molecule has 4 aromatic carbocycles. The molecule has 0 fully saturated rings. The van der Waals surface area contributed by atoms with Gasteiger partial charge in [-0.25, -0.2) is 4.99 Å². The van der Waals surface area contributed by atoms with Crippen LogP contribution in [0.25, 0.3) is 17.4 Å². The summed E-state index contributed by atoms with van der Waals surface area (Å²) in [5.41, 5.74) is 2.71. The lowest BCUT2D eigenvalue weighted by molar-refractivity contribution is -0.384. The fourth-order valence-electron chi connectivity index (χ4n) is 5.10. The highest BCUT2D eigenvalue weighted by Gasteiger charge is 2.51. The van der Waals surface area contributed by atoms with E-state index in [-0.39, 0.29) is 11.6 Å². The van der Waals surface area contributed by atoms with Crippen molar-refractivity contribution >= 4 is 29.2 Å². The van der Waals surface area contributed by atoms with E-state index in [0.29, 0.717) is 17.4 Å². The van der Waals surface area contributed by atoms with Gasteiger partial charge in [0.25, 0.3) is 11.6 Å². The highest BCUT2D eigenvalue weighted by Crippen LogP contribution is 2.42. The van der Waals surface area contributed by atoms with E-state index in [2.05, 4.69) is 0 Å². The topological polar surface area (TPSA) is 89.0 Å². The number of hydrogen-bond donors (Lipinski definition) is 0. The van der Waals surface area contributed by atoms with Crippen molar-refractivity contribution < 1.29 is 14.1 Å². The number of hydrogen-bond acceptors (Lipinski definition) is 5. The lowest BCUT2D eigenvalue weighted by Gasteiger charge is -2.28. The van der Waals surface area contributed by atoms with Gasteiger partial charge in [0.1, 0.15) is 17.4 Å². The van der Waals surface area contributed by atoms with Crippen molar-refractivity contribution in [2.45, 2.75) is 12.5 Å². The van der Waals surface area contributed by atoms with Crippen LogP contribution in [0.15, 0.2) is 137 Å². The molecule has 0 N–H and O–H groups in total. The number of aliphatic imine (C=N–C) groups is 1. The highest BCUT2D eigenvalue weighted by atomic mass is 16.6. The predicted octanol–water partition coefficient (Wildman–Crippen LogP) is 7.57. The van der Waals surface area contributed by atoms with E-state index in [4.69, 9.17) is 9.41 Å². The van der Waals surface area contributed by atoms with Crippen LogP contribution < -0.4 is 4.90 Å². The molecular weight excluding hydrogens is 514 g/mol.